The first-order valence-corrected chi connectivity index (χ1v) is 27.1. The van der Waals surface area contributed by atoms with Crippen molar-refractivity contribution in [3.63, 3.8) is 0 Å². The lowest BCUT2D eigenvalue weighted by Crippen LogP contribution is -2.38. The minimum atomic E-state index is -0.444. The molecule has 75 heavy (non-hydrogen) atoms. The van der Waals surface area contributed by atoms with Crippen molar-refractivity contribution in [3.05, 3.63) is 118 Å². The maximum absolute atomic E-state index is 15.2. The number of nitrogens with zero attached hydrogens (tertiary/aromatic N) is 6. The van der Waals surface area contributed by atoms with Gasteiger partial charge in [-0.05, 0) is 86.3 Å². The lowest BCUT2D eigenvalue weighted by molar-refractivity contribution is -0.122. The summed E-state index contributed by atoms with van der Waals surface area (Å²) in [5, 5.41) is 15.1. The fourth-order valence-corrected chi connectivity index (χ4v) is 10.2. The lowest BCUT2D eigenvalue weighted by Gasteiger charge is -2.27. The number of rotatable bonds is 30. The number of hydrogen-bond acceptors (Lipinski definition) is 14. The molecule has 0 spiro atoms. The SMILES string of the molecule is CCn1c2ccc(CNCCOCCOCCOCCOCCC(=O)NCCOc3ccc(CCc4nc5cc(-c6c(C)noc6C)ccc5n4CCN4CCOCC4)cc3F)cc2c2ccc(-c3cscn3)cc21. The molecule has 0 atom stereocenters. The maximum atomic E-state index is 15.2. The minimum Gasteiger partial charge on any atom is -0.489 e. The molecule has 4 aromatic heterocycles. The van der Waals surface area contributed by atoms with E-state index in [2.05, 4.69) is 102 Å². The molecule has 0 bridgehead atoms. The molecule has 1 aliphatic heterocycles. The normalized spacial score (nSPS) is 13.2. The fraction of sp³-hybridized carbons (Fsp3) is 0.439. The zero-order chi connectivity index (χ0) is 51.8. The third-order valence-corrected chi connectivity index (χ3v) is 14.1. The van der Waals surface area contributed by atoms with E-state index >= 15 is 4.39 Å². The first kappa shape index (κ1) is 53.7. The average molecular weight is 1050 g/mol. The van der Waals surface area contributed by atoms with Gasteiger partial charge in [-0.15, -0.1) is 11.3 Å². The molecule has 0 radical (unpaired) electrons. The highest BCUT2D eigenvalue weighted by atomic mass is 32.1. The Kier molecular flexibility index (Phi) is 19.4. The number of thiazole rings is 1. The lowest BCUT2D eigenvalue weighted by atomic mass is 10.0. The molecule has 18 heteroatoms. The van der Waals surface area contributed by atoms with E-state index in [9.17, 15) is 4.79 Å². The van der Waals surface area contributed by atoms with Gasteiger partial charge in [-0.3, -0.25) is 9.69 Å². The number of carbonyl (C=O) groups is 1. The van der Waals surface area contributed by atoms with Gasteiger partial charge in [-0.1, -0.05) is 35.5 Å². The van der Waals surface area contributed by atoms with E-state index < -0.39 is 5.82 Å². The second-order valence-electron chi connectivity index (χ2n) is 18.6. The summed E-state index contributed by atoms with van der Waals surface area (Å²) in [4.78, 5) is 24.4. The summed E-state index contributed by atoms with van der Waals surface area (Å²) in [5.74, 6) is 1.25. The highest BCUT2D eigenvalue weighted by Crippen LogP contribution is 2.34. The van der Waals surface area contributed by atoms with Crippen molar-refractivity contribution in [2.75, 3.05) is 105 Å². The summed E-state index contributed by atoms with van der Waals surface area (Å²) < 4.78 is 59.1. The van der Waals surface area contributed by atoms with Crippen LogP contribution in [0.3, 0.4) is 0 Å². The van der Waals surface area contributed by atoms with Gasteiger partial charge in [0.15, 0.2) is 11.6 Å². The number of aromatic nitrogens is 5. The average Bonchev–Trinajstić information content (AvgIpc) is 4.25. The molecule has 1 saturated heterocycles. The van der Waals surface area contributed by atoms with Crippen LogP contribution >= 0.6 is 11.3 Å². The van der Waals surface area contributed by atoms with Gasteiger partial charge in [0.2, 0.25) is 5.91 Å². The van der Waals surface area contributed by atoms with Crippen molar-refractivity contribution >= 4 is 50.1 Å². The molecule has 0 unspecified atom stereocenters. The molecule has 8 aromatic rings. The summed E-state index contributed by atoms with van der Waals surface area (Å²) in [6, 6.07) is 24.7. The Balaban J connectivity index is 0.590. The second kappa shape index (κ2) is 27.1. The van der Waals surface area contributed by atoms with Gasteiger partial charge in [-0.2, -0.15) is 0 Å². The molecule has 0 aliphatic carbocycles. The molecule has 0 saturated carbocycles. The summed E-state index contributed by atoms with van der Waals surface area (Å²) in [6.07, 6.45) is 1.44. The third kappa shape index (κ3) is 14.2. The van der Waals surface area contributed by atoms with E-state index in [4.69, 9.17) is 37.9 Å². The molecule has 398 valence electrons. The van der Waals surface area contributed by atoms with Crippen LogP contribution in [0.4, 0.5) is 4.39 Å². The molecule has 9 rings (SSSR count). The largest absolute Gasteiger partial charge is 0.489 e. The Morgan fingerprint density at radius 3 is 2.25 bits per heavy atom. The summed E-state index contributed by atoms with van der Waals surface area (Å²) in [7, 11) is 0. The van der Waals surface area contributed by atoms with Gasteiger partial charge in [0.05, 0.1) is 101 Å². The smallest absolute Gasteiger partial charge is 0.222 e. The van der Waals surface area contributed by atoms with E-state index in [0.29, 0.717) is 59.1 Å². The number of fused-ring (bicyclic) bond motifs is 4. The topological polar surface area (TPSA) is 161 Å². The van der Waals surface area contributed by atoms with Crippen molar-refractivity contribution in [3.8, 4) is 28.1 Å². The Hall–Kier alpha value is -6.09. The van der Waals surface area contributed by atoms with Crippen molar-refractivity contribution in [1.29, 1.82) is 0 Å². The first-order chi connectivity index (χ1) is 36.8. The van der Waals surface area contributed by atoms with Crippen molar-refractivity contribution < 1.29 is 42.1 Å². The van der Waals surface area contributed by atoms with Crippen LogP contribution in [0.5, 0.6) is 5.75 Å². The van der Waals surface area contributed by atoms with Crippen LogP contribution in [0.25, 0.3) is 55.2 Å². The summed E-state index contributed by atoms with van der Waals surface area (Å²) in [6.45, 7) is 17.3. The molecule has 1 aliphatic rings. The number of benzene rings is 4. The summed E-state index contributed by atoms with van der Waals surface area (Å²) >= 11 is 1.61. The number of amides is 1. The number of morpholine rings is 1. The Morgan fingerprint density at radius 2 is 1.51 bits per heavy atom. The number of ether oxygens (including phenoxy) is 6. The standard InChI is InChI=1S/C57H69FN8O8S/c1-4-65-51-11-5-43(33-47(51)46-10-8-44(36-53(46)65)50-38-75-39-61-50)37-59-16-23-69-28-30-72-32-31-71-29-27-68-22-15-56(67)60-17-24-73-54-13-6-42(34-48(54)58)7-14-55-62-49-35-45(57-40(2)63-74-41(57)3)9-12-52(49)66(55)19-18-64-20-25-70-26-21-64/h5-6,8-13,33-36,38-39,59H,4,7,14-32,37H2,1-3H3,(H,60,67). The number of nitrogens with one attached hydrogen (secondary N) is 2. The van der Waals surface area contributed by atoms with Crippen LogP contribution in [0, 0.1) is 19.7 Å². The van der Waals surface area contributed by atoms with Crippen molar-refractivity contribution in [2.45, 2.75) is 59.7 Å². The molecule has 5 heterocycles. The van der Waals surface area contributed by atoms with Gasteiger partial charge in [0.25, 0.3) is 0 Å². The maximum Gasteiger partial charge on any atom is 0.222 e. The number of imidazole rings is 1. The van der Waals surface area contributed by atoms with Crippen LogP contribution in [0.1, 0.15) is 41.8 Å². The van der Waals surface area contributed by atoms with E-state index in [1.807, 2.05) is 25.4 Å². The molecule has 1 fully saturated rings. The van der Waals surface area contributed by atoms with Crippen LogP contribution < -0.4 is 15.4 Å². The van der Waals surface area contributed by atoms with Gasteiger partial charge in [-0.25, -0.2) is 14.4 Å². The van der Waals surface area contributed by atoms with E-state index in [-0.39, 0.29) is 37.8 Å². The monoisotopic (exact) mass is 1040 g/mol. The predicted molar refractivity (Wildman–Crippen MR) is 290 cm³/mol. The second-order valence-corrected chi connectivity index (χ2v) is 19.3. The van der Waals surface area contributed by atoms with Gasteiger partial charge in [0, 0.05) is 97.0 Å². The molecule has 16 nitrogen and oxygen atoms in total. The molecular formula is C57H69FN8O8S. The highest BCUT2D eigenvalue weighted by molar-refractivity contribution is 7.07. The number of hydrogen-bond donors (Lipinski definition) is 2. The summed E-state index contributed by atoms with van der Waals surface area (Å²) in [5.41, 5.74) is 13.4. The number of carbonyl (C=O) groups excluding carboxylic acids is 1. The zero-order valence-corrected chi connectivity index (χ0v) is 44.2. The number of halogens is 1. The zero-order valence-electron chi connectivity index (χ0n) is 43.4. The molecule has 2 N–H and O–H groups in total. The van der Waals surface area contributed by atoms with Crippen molar-refractivity contribution in [2.24, 2.45) is 0 Å². The Labute approximate surface area is 441 Å². The van der Waals surface area contributed by atoms with E-state index in [1.54, 1.807) is 17.4 Å². The Bertz CT molecular complexity index is 3080. The van der Waals surface area contributed by atoms with Gasteiger partial charge >= 0.3 is 0 Å². The van der Waals surface area contributed by atoms with Crippen LogP contribution in [-0.4, -0.2) is 140 Å². The van der Waals surface area contributed by atoms with E-state index in [0.717, 1.165) is 115 Å². The fourth-order valence-electron chi connectivity index (χ4n) is 9.67. The Morgan fingerprint density at radius 1 is 0.747 bits per heavy atom. The van der Waals surface area contributed by atoms with Crippen LogP contribution in [0.15, 0.2) is 88.2 Å². The van der Waals surface area contributed by atoms with Crippen molar-refractivity contribution in [1.82, 2.24) is 39.8 Å². The van der Waals surface area contributed by atoms with E-state index in [1.165, 1.54) is 33.4 Å². The predicted octanol–water partition coefficient (Wildman–Crippen LogP) is 8.56. The first-order valence-electron chi connectivity index (χ1n) is 26.2. The van der Waals surface area contributed by atoms with Crippen LogP contribution in [0.2, 0.25) is 0 Å². The molecular weight excluding hydrogens is 976 g/mol. The minimum absolute atomic E-state index is 0.132. The van der Waals surface area contributed by atoms with Gasteiger partial charge < -0.3 is 52.7 Å². The molecule has 4 aromatic carbocycles. The highest BCUT2D eigenvalue weighted by Gasteiger charge is 2.19. The molecule has 1 amide bonds. The number of aryl methyl sites for hydroxylation is 5. The third-order valence-electron chi connectivity index (χ3n) is 13.5. The van der Waals surface area contributed by atoms with Crippen LogP contribution in [-0.2, 0) is 61.0 Å². The van der Waals surface area contributed by atoms with Gasteiger partial charge in [0.1, 0.15) is 18.2 Å². The quantitative estimate of drug-likeness (QED) is 0.0413.